The van der Waals surface area contributed by atoms with E-state index in [1.807, 2.05) is 4.72 Å². The van der Waals surface area contributed by atoms with Crippen LogP contribution < -0.4 is 4.72 Å². The first-order chi connectivity index (χ1) is 8.34. The number of nitrogens with zero attached hydrogens (tertiary/aromatic N) is 1. The molecule has 0 saturated carbocycles. The molecule has 1 saturated heterocycles. The van der Waals surface area contributed by atoms with E-state index in [0.29, 0.717) is 13.1 Å². The minimum atomic E-state index is -3.99. The second kappa shape index (κ2) is 6.14. The summed E-state index contributed by atoms with van der Waals surface area (Å²) in [5.41, 5.74) is 0. The highest BCUT2D eigenvalue weighted by Crippen LogP contribution is 2.08. The number of rotatable bonds is 5. The summed E-state index contributed by atoms with van der Waals surface area (Å²) in [5, 5.41) is 7.05. The highest BCUT2D eigenvalue weighted by Gasteiger charge is 2.28. The third-order valence-electron chi connectivity index (χ3n) is 2.95. The Hall–Kier alpha value is -1.15. The molecule has 2 N–H and O–H groups in total. The van der Waals surface area contributed by atoms with Gasteiger partial charge in [-0.05, 0) is 26.2 Å². The largest absolute Gasteiger partial charge is 0.480 e. The van der Waals surface area contributed by atoms with Gasteiger partial charge in [0, 0.05) is 13.1 Å². The zero-order valence-corrected chi connectivity index (χ0v) is 11.1. The number of carboxylic acid groups (broad SMARTS) is 1. The first kappa shape index (κ1) is 14.9. The van der Waals surface area contributed by atoms with E-state index < -0.39 is 21.2 Å². The molecule has 1 rings (SSSR count). The Morgan fingerprint density at radius 1 is 1.28 bits per heavy atom. The van der Waals surface area contributed by atoms with E-state index in [1.54, 1.807) is 4.90 Å². The second-order valence-corrected chi connectivity index (χ2v) is 6.37. The molecule has 104 valence electrons. The van der Waals surface area contributed by atoms with Crippen LogP contribution in [0.4, 0.5) is 0 Å². The molecule has 1 fully saturated rings. The van der Waals surface area contributed by atoms with Gasteiger partial charge in [-0.15, -0.1) is 0 Å². The molecular weight excluding hydrogens is 260 g/mol. The Balaban J connectivity index is 2.49. The van der Waals surface area contributed by atoms with Gasteiger partial charge in [-0.1, -0.05) is 0 Å². The van der Waals surface area contributed by atoms with Crippen LogP contribution in [0.2, 0.25) is 0 Å². The number of sulfonamides is 1. The van der Waals surface area contributed by atoms with Crippen LogP contribution in [0.15, 0.2) is 0 Å². The van der Waals surface area contributed by atoms with Gasteiger partial charge in [-0.2, -0.15) is 0 Å². The number of nitrogens with one attached hydrogen (secondary N) is 1. The minimum Gasteiger partial charge on any atom is -0.480 e. The summed E-state index contributed by atoms with van der Waals surface area (Å²) in [5.74, 6) is -1.75. The molecule has 0 spiro atoms. The number of amides is 1. The average Bonchev–Trinajstić information content (AvgIpc) is 2.36. The fourth-order valence-electron chi connectivity index (χ4n) is 1.68. The van der Waals surface area contributed by atoms with Crippen LogP contribution in [-0.2, 0) is 19.6 Å². The van der Waals surface area contributed by atoms with Crippen LogP contribution in [0.1, 0.15) is 26.2 Å². The quantitative estimate of drug-likeness (QED) is 0.698. The van der Waals surface area contributed by atoms with Gasteiger partial charge in [0.25, 0.3) is 0 Å². The molecule has 1 atom stereocenters. The zero-order valence-electron chi connectivity index (χ0n) is 10.3. The van der Waals surface area contributed by atoms with Crippen molar-refractivity contribution in [3.63, 3.8) is 0 Å². The van der Waals surface area contributed by atoms with Gasteiger partial charge in [-0.25, -0.2) is 13.1 Å². The smallest absolute Gasteiger partial charge is 0.323 e. The van der Waals surface area contributed by atoms with Gasteiger partial charge in [0.05, 0.1) is 6.54 Å². The second-order valence-electron chi connectivity index (χ2n) is 4.29. The molecule has 0 aromatic heterocycles. The lowest BCUT2D eigenvalue weighted by Crippen LogP contribution is -2.45. The van der Waals surface area contributed by atoms with Crippen LogP contribution in [0.25, 0.3) is 0 Å². The molecule has 0 aromatic rings. The van der Waals surface area contributed by atoms with Crippen LogP contribution in [0, 0.1) is 0 Å². The molecule has 1 heterocycles. The van der Waals surface area contributed by atoms with Crippen molar-refractivity contribution < 1.29 is 23.1 Å². The first-order valence-electron chi connectivity index (χ1n) is 5.83. The summed E-state index contributed by atoms with van der Waals surface area (Å²) < 4.78 is 25.0. The van der Waals surface area contributed by atoms with Gasteiger partial charge >= 0.3 is 5.97 Å². The molecule has 7 nitrogen and oxygen atoms in total. The highest BCUT2D eigenvalue weighted by atomic mass is 32.2. The van der Waals surface area contributed by atoms with Gasteiger partial charge in [-0.3, -0.25) is 9.59 Å². The van der Waals surface area contributed by atoms with Crippen LogP contribution in [0.5, 0.6) is 0 Å². The molecule has 1 amide bonds. The van der Waals surface area contributed by atoms with E-state index in [2.05, 4.69) is 0 Å². The van der Waals surface area contributed by atoms with Gasteiger partial charge in [0.15, 0.2) is 5.25 Å². The molecule has 0 bridgehead atoms. The van der Waals surface area contributed by atoms with E-state index in [4.69, 9.17) is 5.11 Å². The maximum absolute atomic E-state index is 11.7. The van der Waals surface area contributed by atoms with Crippen LogP contribution >= 0.6 is 0 Å². The maximum Gasteiger partial charge on any atom is 0.323 e. The summed E-state index contributed by atoms with van der Waals surface area (Å²) in [6, 6.07) is 0. The number of likely N-dealkylation sites (tertiary alicyclic amines) is 1. The molecule has 0 aromatic carbocycles. The molecule has 1 aliphatic rings. The fraction of sp³-hybridized carbons (Fsp3) is 0.800. The monoisotopic (exact) mass is 278 g/mol. The van der Waals surface area contributed by atoms with E-state index in [9.17, 15) is 18.0 Å². The van der Waals surface area contributed by atoms with Crippen molar-refractivity contribution in [3.8, 4) is 0 Å². The Morgan fingerprint density at radius 3 is 2.33 bits per heavy atom. The third-order valence-corrected chi connectivity index (χ3v) is 4.63. The highest BCUT2D eigenvalue weighted by molar-refractivity contribution is 7.90. The fourth-order valence-corrected chi connectivity index (χ4v) is 2.52. The zero-order chi connectivity index (χ0) is 13.8. The Morgan fingerprint density at radius 2 is 1.83 bits per heavy atom. The molecule has 8 heteroatoms. The lowest BCUT2D eigenvalue weighted by molar-refractivity contribution is -0.136. The van der Waals surface area contributed by atoms with E-state index >= 15 is 0 Å². The number of carbonyl (C=O) groups excluding carboxylic acids is 1. The maximum atomic E-state index is 11.7. The third kappa shape index (κ3) is 3.95. The number of aliphatic carboxylic acids is 1. The van der Waals surface area contributed by atoms with Crippen LogP contribution in [-0.4, -0.2) is 55.2 Å². The molecular formula is C10H18N2O5S. The Labute approximate surface area is 106 Å². The summed E-state index contributed by atoms with van der Waals surface area (Å²) in [4.78, 5) is 23.9. The number of hydrogen-bond acceptors (Lipinski definition) is 4. The van der Waals surface area contributed by atoms with Crippen LogP contribution in [0.3, 0.4) is 0 Å². The summed E-state index contributed by atoms with van der Waals surface area (Å²) in [6.07, 6.45) is 2.92. The molecule has 0 radical (unpaired) electrons. The number of carbonyl (C=O) groups is 2. The Kier molecular flexibility index (Phi) is 5.09. The van der Waals surface area contributed by atoms with Gasteiger partial charge < -0.3 is 10.0 Å². The normalized spacial score (nSPS) is 18.4. The van der Waals surface area contributed by atoms with Crippen molar-refractivity contribution in [2.45, 2.75) is 31.4 Å². The first-order valence-corrected chi connectivity index (χ1v) is 7.38. The molecule has 18 heavy (non-hydrogen) atoms. The predicted octanol–water partition coefficient (Wildman–Crippen LogP) is -0.609. The number of carboxylic acids is 1. The van der Waals surface area contributed by atoms with Crippen molar-refractivity contribution in [3.05, 3.63) is 0 Å². The van der Waals surface area contributed by atoms with Crippen molar-refractivity contribution in [2.75, 3.05) is 19.6 Å². The van der Waals surface area contributed by atoms with Gasteiger partial charge in [0.2, 0.25) is 15.9 Å². The molecule has 0 aliphatic carbocycles. The summed E-state index contributed by atoms with van der Waals surface area (Å²) in [7, 11) is -3.99. The van der Waals surface area contributed by atoms with E-state index in [-0.39, 0.29) is 12.5 Å². The lowest BCUT2D eigenvalue weighted by atomic mass is 10.1. The van der Waals surface area contributed by atoms with E-state index in [0.717, 1.165) is 26.2 Å². The van der Waals surface area contributed by atoms with Gasteiger partial charge in [0.1, 0.15) is 0 Å². The van der Waals surface area contributed by atoms with E-state index in [1.165, 1.54) is 0 Å². The summed E-state index contributed by atoms with van der Waals surface area (Å²) in [6.45, 7) is 1.96. The van der Waals surface area contributed by atoms with Crippen molar-refractivity contribution in [2.24, 2.45) is 0 Å². The Bertz CT molecular complexity index is 414. The summed E-state index contributed by atoms with van der Waals surface area (Å²) >= 11 is 0. The topological polar surface area (TPSA) is 104 Å². The van der Waals surface area contributed by atoms with Crippen molar-refractivity contribution in [1.29, 1.82) is 0 Å². The minimum absolute atomic E-state index is 0.309. The predicted molar refractivity (Wildman–Crippen MR) is 64.5 cm³/mol. The SMILES string of the molecule is CC(C(=O)O)S(=O)(=O)NCC(=O)N1CCCCC1. The molecule has 1 unspecified atom stereocenters. The van der Waals surface area contributed by atoms with Crippen molar-refractivity contribution >= 4 is 21.9 Å². The number of piperidine rings is 1. The number of hydrogen-bond donors (Lipinski definition) is 2. The lowest BCUT2D eigenvalue weighted by Gasteiger charge is -2.26. The van der Waals surface area contributed by atoms with Crippen molar-refractivity contribution in [1.82, 2.24) is 9.62 Å². The average molecular weight is 278 g/mol. The standard InChI is InChI=1S/C10H18N2O5S/c1-8(10(14)15)18(16,17)11-7-9(13)12-5-3-2-4-6-12/h8,11H,2-7H2,1H3,(H,14,15). The molecule has 1 aliphatic heterocycles.